The first-order chi connectivity index (χ1) is 11.9. The number of hydrogen-bond donors (Lipinski definition) is 1. The number of H-pyrrole nitrogens is 1. The van der Waals surface area contributed by atoms with Crippen molar-refractivity contribution in [2.75, 3.05) is 31.1 Å². The Hall–Kier alpha value is -2.38. The third-order valence-corrected chi connectivity index (χ3v) is 5.25. The molecule has 0 amide bonds. The van der Waals surface area contributed by atoms with Crippen molar-refractivity contribution in [3.8, 4) is 17.3 Å². The first kappa shape index (κ1) is 15.2. The van der Waals surface area contributed by atoms with E-state index in [0.29, 0.717) is 0 Å². The monoisotopic (exact) mass is 320 g/mol. The van der Waals surface area contributed by atoms with Gasteiger partial charge in [0.25, 0.3) is 5.82 Å². The van der Waals surface area contributed by atoms with Gasteiger partial charge in [-0.05, 0) is 31.2 Å². The number of hydrogen-bond acceptors (Lipinski definition) is 2. The molecule has 122 valence electrons. The lowest BCUT2D eigenvalue weighted by molar-refractivity contribution is -0.656. The third-order valence-electron chi connectivity index (χ3n) is 5.25. The Bertz CT molecular complexity index is 770. The van der Waals surface area contributed by atoms with E-state index >= 15 is 0 Å². The number of nitrogens with one attached hydrogen (secondary N) is 1. The predicted octanol–water partition coefficient (Wildman–Crippen LogP) is 1.30. The van der Waals surface area contributed by atoms with Crippen molar-refractivity contribution in [2.45, 2.75) is 25.7 Å². The van der Waals surface area contributed by atoms with Gasteiger partial charge in [0, 0.05) is 11.1 Å². The number of benzene rings is 1. The third kappa shape index (κ3) is 2.65. The molecule has 2 heterocycles. The summed E-state index contributed by atoms with van der Waals surface area (Å²) in [6.45, 7) is 4.18. The maximum absolute atomic E-state index is 9.86. The molecule has 0 atom stereocenters. The number of nitrogens with two attached hydrogens (primary N) is 1. The number of piperazine rings is 1. The molecule has 1 aliphatic carbocycles. The van der Waals surface area contributed by atoms with Crippen LogP contribution in [0, 0.1) is 11.3 Å². The maximum atomic E-state index is 9.86. The fourth-order valence-corrected chi connectivity index (χ4v) is 4.04. The summed E-state index contributed by atoms with van der Waals surface area (Å²) in [5.74, 6) is 1.03. The highest BCUT2D eigenvalue weighted by atomic mass is 15.2. The van der Waals surface area contributed by atoms with Crippen molar-refractivity contribution in [3.63, 3.8) is 0 Å². The van der Waals surface area contributed by atoms with E-state index in [4.69, 9.17) is 0 Å². The number of aromatic amines is 1. The molecule has 1 aromatic heterocycles. The summed E-state index contributed by atoms with van der Waals surface area (Å²) in [6, 6.07) is 13.1. The number of nitrogens with zero attached hydrogens (tertiary/aromatic N) is 2. The molecule has 3 N–H and O–H groups in total. The molecule has 1 saturated heterocycles. The van der Waals surface area contributed by atoms with Gasteiger partial charge in [-0.1, -0.05) is 30.3 Å². The number of nitriles is 1. The van der Waals surface area contributed by atoms with E-state index in [1.807, 2.05) is 0 Å². The number of aromatic nitrogens is 1. The van der Waals surface area contributed by atoms with E-state index in [1.165, 1.54) is 35.2 Å². The topological polar surface area (TPSA) is 57.8 Å². The second-order valence-corrected chi connectivity index (χ2v) is 6.72. The molecule has 24 heavy (non-hydrogen) atoms. The zero-order chi connectivity index (χ0) is 16.4. The van der Waals surface area contributed by atoms with Crippen LogP contribution < -0.4 is 15.2 Å². The normalized spacial score (nSPS) is 17.2. The zero-order valence-electron chi connectivity index (χ0n) is 14.0. The van der Waals surface area contributed by atoms with Crippen LogP contribution in [0.25, 0.3) is 11.3 Å². The Morgan fingerprint density at radius 3 is 2.42 bits per heavy atom. The van der Waals surface area contributed by atoms with Gasteiger partial charge in [0.05, 0.1) is 0 Å². The average Bonchev–Trinajstić information content (AvgIpc) is 2.68. The van der Waals surface area contributed by atoms with Crippen LogP contribution >= 0.6 is 0 Å². The Kier molecular flexibility index (Phi) is 4.18. The van der Waals surface area contributed by atoms with Crippen LogP contribution in [-0.2, 0) is 12.8 Å². The van der Waals surface area contributed by atoms with Crippen molar-refractivity contribution in [1.82, 2.24) is 0 Å². The van der Waals surface area contributed by atoms with Crippen molar-refractivity contribution < 1.29 is 10.3 Å². The summed E-state index contributed by atoms with van der Waals surface area (Å²) in [5.41, 5.74) is 5.97. The minimum Gasteiger partial charge on any atom is -0.340 e. The van der Waals surface area contributed by atoms with E-state index < -0.39 is 0 Å². The van der Waals surface area contributed by atoms with Crippen molar-refractivity contribution in [1.29, 1.82) is 5.26 Å². The van der Waals surface area contributed by atoms with Gasteiger partial charge in [0.2, 0.25) is 0 Å². The first-order valence-electron chi connectivity index (χ1n) is 9.01. The molecule has 0 bridgehead atoms. The molecule has 0 unspecified atom stereocenters. The van der Waals surface area contributed by atoms with Crippen LogP contribution in [0.3, 0.4) is 0 Å². The summed E-state index contributed by atoms with van der Waals surface area (Å²) < 4.78 is 0. The first-order valence-corrected chi connectivity index (χ1v) is 9.01. The number of fused-ring (bicyclic) bond motifs is 1. The molecule has 1 fully saturated rings. The van der Waals surface area contributed by atoms with Crippen molar-refractivity contribution >= 4 is 5.82 Å². The van der Waals surface area contributed by atoms with Gasteiger partial charge in [-0.2, -0.15) is 5.26 Å². The average molecular weight is 320 g/mol. The molecule has 2 aliphatic rings. The number of pyridine rings is 1. The predicted molar refractivity (Wildman–Crippen MR) is 93.7 cm³/mol. The summed E-state index contributed by atoms with van der Waals surface area (Å²) in [4.78, 5) is 6.03. The van der Waals surface area contributed by atoms with Gasteiger partial charge in [0.1, 0.15) is 43.5 Å². The zero-order valence-corrected chi connectivity index (χ0v) is 14.0. The van der Waals surface area contributed by atoms with Crippen LogP contribution in [-0.4, -0.2) is 26.2 Å². The lowest BCUT2D eigenvalue weighted by atomic mass is 9.86. The molecule has 1 aromatic carbocycles. The molecule has 2 aromatic rings. The smallest absolute Gasteiger partial charge is 0.293 e. The van der Waals surface area contributed by atoms with Crippen LogP contribution in [0.15, 0.2) is 30.3 Å². The molecule has 4 rings (SSSR count). The van der Waals surface area contributed by atoms with Gasteiger partial charge in [-0.25, -0.2) is 9.88 Å². The highest BCUT2D eigenvalue weighted by Gasteiger charge is 2.31. The van der Waals surface area contributed by atoms with Crippen LogP contribution in [0.4, 0.5) is 5.82 Å². The van der Waals surface area contributed by atoms with E-state index in [2.05, 4.69) is 51.6 Å². The molecule has 4 nitrogen and oxygen atoms in total. The lowest BCUT2D eigenvalue weighted by Crippen LogP contribution is -2.90. The molecular formula is C20H24N4+2. The van der Waals surface area contributed by atoms with Gasteiger partial charge in [-0.15, -0.1) is 0 Å². The SMILES string of the molecule is N#Cc1c(N2CC[NH2+]CC2)[nH+]c(-c2ccccc2)c2c1CCCC2. The van der Waals surface area contributed by atoms with E-state index in [9.17, 15) is 5.26 Å². The number of quaternary nitrogens is 1. The molecule has 4 heteroatoms. The highest BCUT2D eigenvalue weighted by Crippen LogP contribution is 2.33. The minimum absolute atomic E-state index is 0.881. The summed E-state index contributed by atoms with van der Waals surface area (Å²) in [7, 11) is 0. The Balaban J connectivity index is 1.92. The minimum atomic E-state index is 0.881. The summed E-state index contributed by atoms with van der Waals surface area (Å²) in [6.07, 6.45) is 4.50. The Morgan fingerprint density at radius 2 is 1.71 bits per heavy atom. The second kappa shape index (κ2) is 6.62. The van der Waals surface area contributed by atoms with Gasteiger partial charge in [-0.3, -0.25) is 0 Å². The lowest BCUT2D eigenvalue weighted by Gasteiger charge is -2.25. The van der Waals surface area contributed by atoms with Crippen molar-refractivity contribution in [2.24, 2.45) is 0 Å². The fourth-order valence-electron chi connectivity index (χ4n) is 4.04. The summed E-state index contributed by atoms with van der Waals surface area (Å²) >= 11 is 0. The highest BCUT2D eigenvalue weighted by molar-refractivity contribution is 5.68. The van der Waals surface area contributed by atoms with Gasteiger partial charge >= 0.3 is 0 Å². The fraction of sp³-hybridized carbons (Fsp3) is 0.400. The molecule has 0 spiro atoms. The quantitative estimate of drug-likeness (QED) is 0.907. The van der Waals surface area contributed by atoms with Crippen LogP contribution in [0.2, 0.25) is 0 Å². The van der Waals surface area contributed by atoms with Gasteiger partial charge < -0.3 is 5.32 Å². The van der Waals surface area contributed by atoms with E-state index in [-0.39, 0.29) is 0 Å². The summed E-state index contributed by atoms with van der Waals surface area (Å²) in [5, 5.41) is 12.2. The molecule has 0 saturated carbocycles. The van der Waals surface area contributed by atoms with E-state index in [1.54, 1.807) is 0 Å². The molecular weight excluding hydrogens is 296 g/mol. The molecule has 0 radical (unpaired) electrons. The molecule has 1 aliphatic heterocycles. The number of rotatable bonds is 2. The second-order valence-electron chi connectivity index (χ2n) is 6.72. The number of anilines is 1. The van der Waals surface area contributed by atoms with Crippen LogP contribution in [0.5, 0.6) is 0 Å². The standard InChI is InChI=1S/C20H22N4/c21-14-18-16-8-4-5-9-17(16)19(15-6-2-1-3-7-15)23-20(18)24-12-10-22-11-13-24/h1-3,6-7,22H,4-5,8-13H2/p+2. The van der Waals surface area contributed by atoms with Crippen molar-refractivity contribution in [3.05, 3.63) is 47.0 Å². The van der Waals surface area contributed by atoms with E-state index in [0.717, 1.165) is 50.4 Å². The Labute approximate surface area is 143 Å². The largest absolute Gasteiger partial charge is 0.340 e. The Morgan fingerprint density at radius 1 is 1.00 bits per heavy atom. The maximum Gasteiger partial charge on any atom is 0.293 e. The van der Waals surface area contributed by atoms with Crippen LogP contribution in [0.1, 0.15) is 29.5 Å². The van der Waals surface area contributed by atoms with Gasteiger partial charge in [0.15, 0.2) is 0 Å².